The van der Waals surface area contributed by atoms with Crippen molar-refractivity contribution in [3.63, 3.8) is 0 Å². The number of ether oxygens (including phenoxy) is 3. The molecule has 0 amide bonds. The van der Waals surface area contributed by atoms with Gasteiger partial charge in [0.2, 0.25) is 0 Å². The van der Waals surface area contributed by atoms with E-state index >= 15 is 0 Å². The smallest absolute Gasteiger partial charge is 0.341 e. The van der Waals surface area contributed by atoms with Crippen molar-refractivity contribution < 1.29 is 19.0 Å². The van der Waals surface area contributed by atoms with Gasteiger partial charge in [0.1, 0.15) is 11.5 Å². The first-order chi connectivity index (χ1) is 25.9. The molecule has 278 valence electrons. The van der Waals surface area contributed by atoms with Crippen LogP contribution in [0, 0.1) is 13.8 Å². The van der Waals surface area contributed by atoms with Crippen molar-refractivity contribution >= 4 is 74.9 Å². The van der Waals surface area contributed by atoms with Crippen molar-refractivity contribution in [2.24, 2.45) is 0 Å². The minimum Gasteiger partial charge on any atom is -0.497 e. The normalized spacial score (nSPS) is 15.5. The lowest BCUT2D eigenvalue weighted by molar-refractivity contribution is 0.0300. The van der Waals surface area contributed by atoms with E-state index < -0.39 is 11.6 Å². The van der Waals surface area contributed by atoms with Gasteiger partial charge in [0.25, 0.3) is 0 Å². The highest BCUT2D eigenvalue weighted by atomic mass is 35.5. The number of anilines is 2. The van der Waals surface area contributed by atoms with E-state index in [4.69, 9.17) is 60.6 Å². The molecule has 1 heterocycles. The molecule has 2 N–H and O–H groups in total. The highest BCUT2D eigenvalue weighted by Gasteiger charge is 2.48. The Hall–Kier alpha value is -4.59. The topological polar surface area (TPSA) is 68.8 Å². The van der Waals surface area contributed by atoms with Crippen molar-refractivity contribution in [1.82, 2.24) is 0 Å². The van der Waals surface area contributed by atoms with Gasteiger partial charge in [-0.2, -0.15) is 0 Å². The highest BCUT2D eigenvalue weighted by molar-refractivity contribution is 6.53. The maximum atomic E-state index is 14.2. The molecule has 54 heavy (non-hydrogen) atoms. The van der Waals surface area contributed by atoms with Gasteiger partial charge in [0.15, 0.2) is 5.60 Å². The Morgan fingerprint density at radius 2 is 1.07 bits per heavy atom. The first-order valence-electron chi connectivity index (χ1n) is 17.5. The quantitative estimate of drug-likeness (QED) is 0.0744. The molecule has 0 unspecified atom stereocenters. The number of benzene rings is 5. The predicted molar refractivity (Wildman–Crippen MR) is 224 cm³/mol. The van der Waals surface area contributed by atoms with E-state index in [1.165, 1.54) is 0 Å². The Morgan fingerprint density at radius 1 is 0.648 bits per heavy atom. The van der Waals surface area contributed by atoms with Crippen LogP contribution in [0.25, 0.3) is 11.1 Å². The summed E-state index contributed by atoms with van der Waals surface area (Å²) in [4.78, 5) is 14.2. The van der Waals surface area contributed by atoms with Crippen molar-refractivity contribution in [1.29, 1.82) is 0 Å². The molecular formula is C44H40Cl4N2O4. The predicted octanol–water partition coefficient (Wildman–Crippen LogP) is 12.4. The molecule has 0 spiro atoms. The first kappa shape index (κ1) is 39.1. The van der Waals surface area contributed by atoms with Crippen molar-refractivity contribution in [2.75, 3.05) is 37.9 Å². The van der Waals surface area contributed by atoms with Crippen LogP contribution in [0.15, 0.2) is 97.1 Å². The lowest BCUT2D eigenvalue weighted by Gasteiger charge is -2.28. The SMILES string of the molecule is CCNc1cc(C)ccc1C(=CC1(C=C(c2ccc(OC)cc2)c2ccc(C)cc2NCC)OC(=O)c2c(Cl)c(Cl)c(Cl)c(Cl)c21)c1ccc(OC)cc1. The van der Waals surface area contributed by atoms with Crippen molar-refractivity contribution in [3.8, 4) is 11.5 Å². The Labute approximate surface area is 336 Å². The van der Waals surface area contributed by atoms with Crippen LogP contribution in [-0.4, -0.2) is 33.3 Å². The van der Waals surface area contributed by atoms with Gasteiger partial charge in [-0.3, -0.25) is 0 Å². The molecular weight excluding hydrogens is 762 g/mol. The molecule has 0 saturated carbocycles. The second-order valence-corrected chi connectivity index (χ2v) is 14.4. The number of hydrogen-bond acceptors (Lipinski definition) is 6. The van der Waals surface area contributed by atoms with Crippen LogP contribution in [0.5, 0.6) is 11.5 Å². The second-order valence-electron chi connectivity index (χ2n) is 12.9. The van der Waals surface area contributed by atoms with E-state index in [0.717, 1.165) is 55.9 Å². The summed E-state index contributed by atoms with van der Waals surface area (Å²) in [7, 11) is 3.25. The fraction of sp³-hybridized carbons (Fsp3) is 0.205. The van der Waals surface area contributed by atoms with Gasteiger partial charge in [-0.1, -0.05) is 94.9 Å². The number of methoxy groups -OCH3 is 2. The Morgan fingerprint density at radius 3 is 1.48 bits per heavy atom. The standard InChI is InChI=1S/C44H40Cl4N2O4/c1-7-49-35-21-25(3)9-19-31(35)33(27-11-15-29(52-5)16-12-27)23-44(38-37(43(51)54-44)39(45)41(47)42(48)40(38)46)24-34(28-13-17-30(53-6)18-14-28)32-20-10-26(4)22-36(32)50-8-2/h9-24,49-50H,7-8H2,1-6H3. The van der Waals surface area contributed by atoms with Crippen LogP contribution in [0.1, 0.15) is 63.1 Å². The van der Waals surface area contributed by atoms with Crippen LogP contribution >= 0.6 is 46.4 Å². The van der Waals surface area contributed by atoms with Gasteiger partial charge in [0.05, 0.1) is 39.9 Å². The van der Waals surface area contributed by atoms with Crippen molar-refractivity contribution in [3.05, 3.63) is 162 Å². The largest absolute Gasteiger partial charge is 0.497 e. The molecule has 0 bridgehead atoms. The van der Waals surface area contributed by atoms with Crippen LogP contribution in [0.3, 0.4) is 0 Å². The van der Waals surface area contributed by atoms with Gasteiger partial charge in [-0.25, -0.2) is 4.79 Å². The molecule has 1 aliphatic rings. The summed E-state index contributed by atoms with van der Waals surface area (Å²) in [5, 5.41) is 7.04. The summed E-state index contributed by atoms with van der Waals surface area (Å²) < 4.78 is 17.6. The number of fused-ring (bicyclic) bond motifs is 1. The average Bonchev–Trinajstić information content (AvgIpc) is 3.46. The number of esters is 1. The summed E-state index contributed by atoms with van der Waals surface area (Å²) >= 11 is 27.4. The summed E-state index contributed by atoms with van der Waals surface area (Å²) in [5.41, 5.74) is 7.45. The monoisotopic (exact) mass is 800 g/mol. The van der Waals surface area contributed by atoms with Crippen molar-refractivity contribution in [2.45, 2.75) is 33.3 Å². The maximum Gasteiger partial charge on any atom is 0.341 e. The van der Waals surface area contributed by atoms with E-state index in [9.17, 15) is 4.79 Å². The molecule has 1 aliphatic heterocycles. The summed E-state index contributed by atoms with van der Waals surface area (Å²) in [6, 6.07) is 27.8. The zero-order chi connectivity index (χ0) is 38.7. The molecule has 5 aromatic rings. The molecule has 0 radical (unpaired) electrons. The fourth-order valence-electron chi connectivity index (χ4n) is 6.75. The fourth-order valence-corrected chi connectivity index (χ4v) is 7.83. The zero-order valence-corrected chi connectivity index (χ0v) is 33.8. The number of carbonyl (C=O) groups is 1. The van der Waals surface area contributed by atoms with E-state index in [1.807, 2.05) is 101 Å². The summed E-state index contributed by atoms with van der Waals surface area (Å²) in [5.74, 6) is 0.682. The molecule has 0 aliphatic carbocycles. The van der Waals surface area contributed by atoms with Crippen LogP contribution in [-0.2, 0) is 10.3 Å². The summed E-state index contributed by atoms with van der Waals surface area (Å²) in [6.07, 6.45) is 3.84. The number of cyclic esters (lactones) is 1. The van der Waals surface area contributed by atoms with E-state index in [-0.39, 0.29) is 31.2 Å². The number of nitrogens with one attached hydrogen (secondary N) is 2. The minimum atomic E-state index is -1.67. The Balaban J connectivity index is 1.81. The van der Waals surface area contributed by atoms with E-state index in [1.54, 1.807) is 14.2 Å². The van der Waals surface area contributed by atoms with Gasteiger partial charge < -0.3 is 24.8 Å². The number of hydrogen-bond donors (Lipinski definition) is 2. The third-order valence-electron chi connectivity index (χ3n) is 9.31. The molecule has 0 aromatic heterocycles. The summed E-state index contributed by atoms with van der Waals surface area (Å²) in [6.45, 7) is 9.51. The number of carbonyl (C=O) groups excluding carboxylic acids is 1. The van der Waals surface area contributed by atoms with Crippen LogP contribution in [0.2, 0.25) is 20.1 Å². The lowest BCUT2D eigenvalue weighted by atomic mass is 9.82. The Kier molecular flexibility index (Phi) is 11.9. The highest BCUT2D eigenvalue weighted by Crippen LogP contribution is 2.54. The molecule has 10 heteroatoms. The molecule has 0 atom stereocenters. The third kappa shape index (κ3) is 7.54. The molecule has 0 saturated heterocycles. The van der Waals surface area contributed by atoms with Crippen LogP contribution in [0.4, 0.5) is 11.4 Å². The molecule has 6 rings (SSSR count). The van der Waals surface area contributed by atoms with Gasteiger partial charge in [0, 0.05) is 41.2 Å². The second kappa shape index (κ2) is 16.4. The molecule has 6 nitrogen and oxygen atoms in total. The first-order valence-corrected chi connectivity index (χ1v) is 19.0. The van der Waals surface area contributed by atoms with E-state index in [0.29, 0.717) is 24.6 Å². The maximum absolute atomic E-state index is 14.2. The Bertz CT molecular complexity index is 2170. The van der Waals surface area contributed by atoms with Gasteiger partial charge >= 0.3 is 5.97 Å². The average molecular weight is 803 g/mol. The molecule has 0 fully saturated rings. The van der Waals surface area contributed by atoms with Gasteiger partial charge in [-0.15, -0.1) is 0 Å². The number of aryl methyl sites for hydroxylation is 2. The minimum absolute atomic E-state index is 0.0101. The van der Waals surface area contributed by atoms with Crippen LogP contribution < -0.4 is 20.1 Å². The number of halogens is 4. The molecule has 5 aromatic carbocycles. The zero-order valence-electron chi connectivity index (χ0n) is 30.8. The third-order valence-corrected chi connectivity index (χ3v) is 11.1. The lowest BCUT2D eigenvalue weighted by Crippen LogP contribution is -2.23. The van der Waals surface area contributed by atoms with Gasteiger partial charge in [-0.05, 0) is 110 Å². The number of rotatable bonds is 12. The van der Waals surface area contributed by atoms with E-state index in [2.05, 4.69) is 34.9 Å².